The first-order valence-electron chi connectivity index (χ1n) is 14.5. The summed E-state index contributed by atoms with van der Waals surface area (Å²) in [4.78, 5) is 18.4. The molecule has 1 aromatic heterocycles. The van der Waals surface area contributed by atoms with Crippen LogP contribution in [-0.2, 0) is 4.74 Å². The van der Waals surface area contributed by atoms with Gasteiger partial charge in [-0.15, -0.1) is 0 Å². The Labute approximate surface area is 238 Å². The molecule has 2 aromatic carbocycles. The standard InChI is InChI=1S/C26H26N2O2.C8H17NO/c1-5-24(29)19-10-13-23-22(15-19)25(18-8-11-20(12-9-18)30-16(2)3)26(28-23)21-7-6-14-27-17(21)4;1-2-3-4-9-5-7-10-8-6-9/h6-16,27-28H,4-5H2,1-3H3;2-8H2,1H3. The summed E-state index contributed by atoms with van der Waals surface area (Å²) in [6.45, 7) is 17.7. The molecule has 0 unspecified atom stereocenters. The molecule has 0 atom stereocenters. The van der Waals surface area contributed by atoms with Gasteiger partial charge in [0.05, 0.1) is 25.0 Å². The van der Waals surface area contributed by atoms with Crippen molar-refractivity contribution in [2.24, 2.45) is 0 Å². The molecule has 0 radical (unpaired) electrons. The lowest BCUT2D eigenvalue weighted by molar-refractivity contribution is 0.0373. The van der Waals surface area contributed by atoms with Crippen LogP contribution in [0, 0.1) is 0 Å². The van der Waals surface area contributed by atoms with E-state index in [9.17, 15) is 4.79 Å². The molecule has 6 nitrogen and oxygen atoms in total. The minimum atomic E-state index is 0.121. The molecule has 0 spiro atoms. The summed E-state index contributed by atoms with van der Waals surface area (Å²) in [6, 6.07) is 14.0. The lowest BCUT2D eigenvalue weighted by Gasteiger charge is -2.26. The number of fused-ring (bicyclic) bond motifs is 1. The minimum absolute atomic E-state index is 0.121. The van der Waals surface area contributed by atoms with Crippen LogP contribution in [0.4, 0.5) is 0 Å². The fourth-order valence-corrected chi connectivity index (χ4v) is 4.96. The molecule has 1 saturated heterocycles. The van der Waals surface area contributed by atoms with E-state index in [0.29, 0.717) is 6.42 Å². The number of Topliss-reactive ketones (excluding diaryl/α,β-unsaturated/α-hetero) is 1. The summed E-state index contributed by atoms with van der Waals surface area (Å²) in [5.74, 6) is 0.972. The zero-order valence-corrected chi connectivity index (χ0v) is 24.4. The van der Waals surface area contributed by atoms with Gasteiger partial charge < -0.3 is 19.8 Å². The van der Waals surface area contributed by atoms with E-state index >= 15 is 0 Å². The van der Waals surface area contributed by atoms with Crippen molar-refractivity contribution in [3.05, 3.63) is 84.3 Å². The van der Waals surface area contributed by atoms with Crippen LogP contribution in [0.2, 0.25) is 0 Å². The number of aromatic amines is 1. The average Bonchev–Trinajstić information content (AvgIpc) is 3.35. The number of carbonyl (C=O) groups is 1. The molecule has 6 heteroatoms. The lowest BCUT2D eigenvalue weighted by atomic mass is 9.95. The molecule has 40 heavy (non-hydrogen) atoms. The zero-order valence-electron chi connectivity index (χ0n) is 24.4. The molecule has 2 N–H and O–H groups in total. The van der Waals surface area contributed by atoms with Crippen LogP contribution in [0.5, 0.6) is 5.75 Å². The van der Waals surface area contributed by atoms with Gasteiger partial charge in [-0.1, -0.05) is 39.0 Å². The fraction of sp³-hybridized carbons (Fsp3) is 0.382. The lowest BCUT2D eigenvalue weighted by Crippen LogP contribution is -2.36. The van der Waals surface area contributed by atoms with Crippen LogP contribution in [-0.4, -0.2) is 54.6 Å². The van der Waals surface area contributed by atoms with Gasteiger partial charge >= 0.3 is 0 Å². The highest BCUT2D eigenvalue weighted by atomic mass is 16.5. The number of morpholine rings is 1. The number of allylic oxidation sites excluding steroid dienone is 3. The van der Waals surface area contributed by atoms with Crippen molar-refractivity contribution < 1.29 is 14.3 Å². The van der Waals surface area contributed by atoms with Gasteiger partial charge in [0.15, 0.2) is 5.78 Å². The normalized spacial score (nSPS) is 15.4. The van der Waals surface area contributed by atoms with Crippen LogP contribution in [0.15, 0.2) is 73.1 Å². The van der Waals surface area contributed by atoms with Crippen molar-refractivity contribution in [1.82, 2.24) is 15.2 Å². The van der Waals surface area contributed by atoms with Crippen molar-refractivity contribution in [2.45, 2.75) is 53.1 Å². The summed E-state index contributed by atoms with van der Waals surface area (Å²) in [5.41, 5.74) is 6.62. The summed E-state index contributed by atoms with van der Waals surface area (Å²) in [7, 11) is 0. The summed E-state index contributed by atoms with van der Waals surface area (Å²) < 4.78 is 11.0. The monoisotopic (exact) mass is 541 g/mol. The van der Waals surface area contributed by atoms with Crippen LogP contribution in [0.1, 0.15) is 63.0 Å². The molecule has 2 aliphatic rings. The smallest absolute Gasteiger partial charge is 0.162 e. The van der Waals surface area contributed by atoms with E-state index in [0.717, 1.165) is 76.6 Å². The maximum absolute atomic E-state index is 12.3. The minimum Gasteiger partial charge on any atom is -0.491 e. The molecule has 2 aliphatic heterocycles. The number of hydrogen-bond donors (Lipinski definition) is 2. The first-order valence-corrected chi connectivity index (χ1v) is 14.5. The maximum Gasteiger partial charge on any atom is 0.162 e. The highest BCUT2D eigenvalue weighted by molar-refractivity contribution is 6.07. The molecule has 5 rings (SSSR count). The zero-order chi connectivity index (χ0) is 28.5. The van der Waals surface area contributed by atoms with Crippen LogP contribution in [0.3, 0.4) is 0 Å². The van der Waals surface area contributed by atoms with Gasteiger partial charge in [0.25, 0.3) is 0 Å². The van der Waals surface area contributed by atoms with E-state index in [4.69, 9.17) is 9.47 Å². The maximum atomic E-state index is 12.3. The molecular weight excluding hydrogens is 498 g/mol. The Morgan fingerprint density at radius 2 is 1.85 bits per heavy atom. The Balaban J connectivity index is 0.000000312. The fourth-order valence-electron chi connectivity index (χ4n) is 4.96. The number of nitrogens with zero attached hydrogens (tertiary/aromatic N) is 1. The number of nitrogens with one attached hydrogen (secondary N) is 2. The Bertz CT molecular complexity index is 1360. The van der Waals surface area contributed by atoms with E-state index in [1.54, 1.807) is 0 Å². The quantitative estimate of drug-likeness (QED) is 0.277. The Morgan fingerprint density at radius 1 is 1.10 bits per heavy atom. The number of unbranched alkanes of at least 4 members (excludes halogenated alkanes) is 1. The largest absolute Gasteiger partial charge is 0.491 e. The Hall–Kier alpha value is -3.61. The molecule has 212 valence electrons. The third-order valence-electron chi connectivity index (χ3n) is 7.10. The third-order valence-corrected chi connectivity index (χ3v) is 7.10. The number of ketones is 1. The predicted octanol–water partition coefficient (Wildman–Crippen LogP) is 7.35. The Kier molecular flexibility index (Phi) is 10.4. The van der Waals surface area contributed by atoms with E-state index in [-0.39, 0.29) is 11.9 Å². The highest BCUT2D eigenvalue weighted by Crippen LogP contribution is 2.39. The van der Waals surface area contributed by atoms with Gasteiger partial charge in [0, 0.05) is 59.0 Å². The molecule has 0 saturated carbocycles. The number of carbonyl (C=O) groups excluding carboxylic acids is 1. The van der Waals surface area contributed by atoms with Crippen molar-refractivity contribution in [3.63, 3.8) is 0 Å². The molecule has 1 fully saturated rings. The Morgan fingerprint density at radius 3 is 2.50 bits per heavy atom. The second kappa shape index (κ2) is 14.1. The molecule has 3 aromatic rings. The van der Waals surface area contributed by atoms with Crippen molar-refractivity contribution >= 4 is 22.3 Å². The van der Waals surface area contributed by atoms with E-state index in [2.05, 4.69) is 40.8 Å². The molecule has 0 bridgehead atoms. The SMILES string of the molecule is C=C1NC=CC=C1c1[nH]c2ccc(C(=O)CC)cc2c1-c1ccc(OC(C)C)cc1.CCCCN1CCOCC1. The van der Waals surface area contributed by atoms with Crippen LogP contribution in [0.25, 0.3) is 27.6 Å². The molecule has 3 heterocycles. The molecule has 0 amide bonds. The summed E-state index contributed by atoms with van der Waals surface area (Å²) in [5, 5.41) is 4.20. The van der Waals surface area contributed by atoms with Crippen molar-refractivity contribution in [1.29, 1.82) is 0 Å². The number of ether oxygens (including phenoxy) is 2. The van der Waals surface area contributed by atoms with Crippen molar-refractivity contribution in [3.8, 4) is 16.9 Å². The number of hydrogen-bond acceptors (Lipinski definition) is 5. The second-order valence-electron chi connectivity index (χ2n) is 10.5. The third kappa shape index (κ3) is 7.32. The van der Waals surface area contributed by atoms with Gasteiger partial charge in [-0.2, -0.15) is 0 Å². The number of benzene rings is 2. The number of dihydropyridines is 1. The van der Waals surface area contributed by atoms with Gasteiger partial charge in [0.1, 0.15) is 5.75 Å². The predicted molar refractivity (Wildman–Crippen MR) is 166 cm³/mol. The van der Waals surface area contributed by atoms with Gasteiger partial charge in [-0.3, -0.25) is 9.69 Å². The van der Waals surface area contributed by atoms with Gasteiger partial charge in [-0.05, 0) is 74.9 Å². The summed E-state index contributed by atoms with van der Waals surface area (Å²) >= 11 is 0. The van der Waals surface area contributed by atoms with Gasteiger partial charge in [0.2, 0.25) is 0 Å². The van der Waals surface area contributed by atoms with Crippen molar-refractivity contribution in [2.75, 3.05) is 32.8 Å². The number of aromatic nitrogens is 1. The average molecular weight is 542 g/mol. The van der Waals surface area contributed by atoms with E-state index < -0.39 is 0 Å². The van der Waals surface area contributed by atoms with Crippen LogP contribution < -0.4 is 10.1 Å². The topological polar surface area (TPSA) is 66.6 Å². The number of H-pyrrole nitrogens is 1. The van der Waals surface area contributed by atoms with E-state index in [1.165, 1.54) is 19.4 Å². The second-order valence-corrected chi connectivity index (χ2v) is 10.5. The highest BCUT2D eigenvalue weighted by Gasteiger charge is 2.20. The first kappa shape index (κ1) is 29.4. The van der Waals surface area contributed by atoms with E-state index in [1.807, 2.05) is 69.5 Å². The first-order chi connectivity index (χ1) is 19.4. The molecular formula is C34H43N3O3. The number of rotatable bonds is 9. The molecule has 0 aliphatic carbocycles. The van der Waals surface area contributed by atoms with Gasteiger partial charge in [-0.25, -0.2) is 0 Å². The summed E-state index contributed by atoms with van der Waals surface area (Å²) in [6.07, 6.45) is 9.11. The van der Waals surface area contributed by atoms with Crippen LogP contribution >= 0.6 is 0 Å².